The molecule has 0 spiro atoms. The van der Waals surface area contributed by atoms with Gasteiger partial charge in [0.1, 0.15) is 0 Å². The number of nitrogens with two attached hydrogens (primary N) is 1. The van der Waals surface area contributed by atoms with Gasteiger partial charge in [0.2, 0.25) is 0 Å². The Kier molecular flexibility index (Phi) is 2.17. The summed E-state index contributed by atoms with van der Waals surface area (Å²) in [5, 5.41) is 2.03. The minimum atomic E-state index is -0.320. The van der Waals surface area contributed by atoms with Crippen LogP contribution in [0, 0.1) is 0 Å². The molecule has 3 nitrogen and oxygen atoms in total. The number of aryl methyl sites for hydroxylation is 1. The van der Waals surface area contributed by atoms with Crippen LogP contribution in [0.3, 0.4) is 0 Å². The molecule has 0 fully saturated rings. The van der Waals surface area contributed by atoms with Crippen molar-refractivity contribution in [3.8, 4) is 0 Å². The predicted molar refractivity (Wildman–Crippen MR) is 65.8 cm³/mol. The summed E-state index contributed by atoms with van der Waals surface area (Å²) in [7, 11) is 0. The predicted octanol–water partition coefficient (Wildman–Crippen LogP) is 2.24. The molecule has 1 amide bonds. The smallest absolute Gasteiger partial charge is 0.252 e. The van der Waals surface area contributed by atoms with Crippen molar-refractivity contribution in [2.45, 2.75) is 18.0 Å². The number of hydrogen-bond donors (Lipinski definition) is 1. The van der Waals surface area contributed by atoms with Gasteiger partial charge >= 0.3 is 0 Å². The molecule has 1 aromatic carbocycles. The number of primary amides is 1. The molecule has 2 N–H and O–H groups in total. The largest absolute Gasteiger partial charge is 0.365 e. The number of aromatic nitrogens is 1. The van der Waals surface area contributed by atoms with E-state index in [0.717, 1.165) is 34.6 Å². The Morgan fingerprint density at radius 1 is 1.38 bits per heavy atom. The molecule has 2 heterocycles. The van der Waals surface area contributed by atoms with E-state index >= 15 is 0 Å². The van der Waals surface area contributed by atoms with Crippen molar-refractivity contribution < 1.29 is 4.79 Å². The van der Waals surface area contributed by atoms with Crippen LogP contribution in [0.15, 0.2) is 29.3 Å². The average molecular weight is 232 g/mol. The second kappa shape index (κ2) is 3.56. The van der Waals surface area contributed by atoms with Gasteiger partial charge in [0.05, 0.1) is 10.6 Å². The monoisotopic (exact) mass is 232 g/mol. The van der Waals surface area contributed by atoms with Gasteiger partial charge in [-0.2, -0.15) is 0 Å². The normalized spacial score (nSPS) is 15.0. The van der Waals surface area contributed by atoms with E-state index in [1.54, 1.807) is 11.8 Å². The van der Waals surface area contributed by atoms with E-state index in [-0.39, 0.29) is 5.91 Å². The highest BCUT2D eigenvalue weighted by Gasteiger charge is 2.22. The first-order chi connectivity index (χ1) is 7.79. The number of carbonyl (C=O) groups excluding carboxylic acids is 1. The van der Waals surface area contributed by atoms with Crippen LogP contribution in [0.25, 0.3) is 10.9 Å². The fourth-order valence-electron chi connectivity index (χ4n) is 2.28. The van der Waals surface area contributed by atoms with Crippen LogP contribution in [0.5, 0.6) is 0 Å². The first-order valence-corrected chi connectivity index (χ1v) is 6.31. The van der Waals surface area contributed by atoms with E-state index in [1.807, 2.05) is 18.2 Å². The SMILES string of the molecule is NC(=O)c1c2n(c3ccccc13)CCCS2. The zero-order valence-corrected chi connectivity index (χ0v) is 9.59. The number of para-hydroxylation sites is 1. The Balaban J connectivity index is 2.41. The molecule has 0 bridgehead atoms. The molecular weight excluding hydrogens is 220 g/mol. The number of thioether (sulfide) groups is 1. The Labute approximate surface area is 97.6 Å². The van der Waals surface area contributed by atoms with Crippen molar-refractivity contribution in [3.63, 3.8) is 0 Å². The molecule has 1 aromatic heterocycles. The van der Waals surface area contributed by atoms with Crippen LogP contribution in [0.4, 0.5) is 0 Å². The van der Waals surface area contributed by atoms with Crippen molar-refractivity contribution in [2.24, 2.45) is 5.73 Å². The van der Waals surface area contributed by atoms with Crippen LogP contribution in [-0.2, 0) is 6.54 Å². The Hall–Kier alpha value is -1.42. The summed E-state index contributed by atoms with van der Waals surface area (Å²) < 4.78 is 2.21. The molecule has 16 heavy (non-hydrogen) atoms. The quantitative estimate of drug-likeness (QED) is 0.819. The first-order valence-electron chi connectivity index (χ1n) is 5.33. The Bertz CT molecular complexity index is 574. The lowest BCUT2D eigenvalue weighted by Gasteiger charge is -2.15. The maximum atomic E-state index is 11.5. The number of fused-ring (bicyclic) bond motifs is 3. The molecule has 0 unspecified atom stereocenters. The number of nitrogens with zero attached hydrogens (tertiary/aromatic N) is 1. The third-order valence-corrected chi connectivity index (χ3v) is 4.13. The van der Waals surface area contributed by atoms with Gasteiger partial charge in [-0.1, -0.05) is 18.2 Å². The van der Waals surface area contributed by atoms with E-state index in [4.69, 9.17) is 5.73 Å². The van der Waals surface area contributed by atoms with Crippen molar-refractivity contribution >= 4 is 28.6 Å². The van der Waals surface area contributed by atoms with Gasteiger partial charge in [-0.15, -0.1) is 11.8 Å². The zero-order valence-electron chi connectivity index (χ0n) is 8.77. The fraction of sp³-hybridized carbons (Fsp3) is 0.250. The molecule has 0 atom stereocenters. The number of benzene rings is 1. The zero-order chi connectivity index (χ0) is 11.1. The fourth-order valence-corrected chi connectivity index (χ4v) is 3.45. The van der Waals surface area contributed by atoms with Crippen LogP contribution >= 0.6 is 11.8 Å². The average Bonchev–Trinajstić information content (AvgIpc) is 2.63. The summed E-state index contributed by atoms with van der Waals surface area (Å²) in [6.07, 6.45) is 1.15. The summed E-state index contributed by atoms with van der Waals surface area (Å²) >= 11 is 1.73. The molecule has 2 aromatic rings. The van der Waals surface area contributed by atoms with E-state index in [2.05, 4.69) is 10.6 Å². The minimum absolute atomic E-state index is 0.320. The van der Waals surface area contributed by atoms with Gasteiger partial charge in [-0.25, -0.2) is 0 Å². The highest BCUT2D eigenvalue weighted by Crippen LogP contribution is 2.36. The van der Waals surface area contributed by atoms with E-state index < -0.39 is 0 Å². The molecule has 0 aliphatic carbocycles. The Morgan fingerprint density at radius 3 is 3.00 bits per heavy atom. The van der Waals surface area contributed by atoms with Gasteiger partial charge in [0, 0.05) is 23.2 Å². The third kappa shape index (κ3) is 1.26. The van der Waals surface area contributed by atoms with E-state index in [9.17, 15) is 4.79 Å². The molecule has 0 saturated heterocycles. The van der Waals surface area contributed by atoms with Crippen LogP contribution < -0.4 is 5.73 Å². The molecule has 4 heteroatoms. The molecule has 3 rings (SSSR count). The molecule has 0 saturated carbocycles. The molecule has 82 valence electrons. The van der Waals surface area contributed by atoms with Crippen molar-refractivity contribution in [1.29, 1.82) is 0 Å². The highest BCUT2D eigenvalue weighted by atomic mass is 32.2. The topological polar surface area (TPSA) is 48.0 Å². The molecule has 0 radical (unpaired) electrons. The number of rotatable bonds is 1. The lowest BCUT2D eigenvalue weighted by molar-refractivity contribution is 0.0998. The lowest BCUT2D eigenvalue weighted by atomic mass is 10.2. The van der Waals surface area contributed by atoms with Crippen molar-refractivity contribution in [1.82, 2.24) is 4.57 Å². The van der Waals surface area contributed by atoms with Crippen LogP contribution in [0.2, 0.25) is 0 Å². The summed E-state index contributed by atoms with van der Waals surface area (Å²) in [6.45, 7) is 0.982. The summed E-state index contributed by atoms with van der Waals surface area (Å²) in [5.74, 6) is 0.746. The van der Waals surface area contributed by atoms with Gasteiger partial charge in [0.25, 0.3) is 5.91 Å². The van der Waals surface area contributed by atoms with Gasteiger partial charge < -0.3 is 10.3 Å². The first kappa shape index (κ1) is 9.78. The number of hydrogen-bond acceptors (Lipinski definition) is 2. The molecule has 1 aliphatic heterocycles. The van der Waals surface area contributed by atoms with Gasteiger partial charge in [0.15, 0.2) is 0 Å². The van der Waals surface area contributed by atoms with Crippen LogP contribution in [0.1, 0.15) is 16.8 Å². The lowest BCUT2D eigenvalue weighted by Crippen LogP contribution is -2.14. The maximum absolute atomic E-state index is 11.5. The minimum Gasteiger partial charge on any atom is -0.365 e. The summed E-state index contributed by atoms with van der Waals surface area (Å²) in [5.41, 5.74) is 7.30. The highest BCUT2D eigenvalue weighted by molar-refractivity contribution is 7.99. The molecular formula is C12H12N2OS. The van der Waals surface area contributed by atoms with E-state index in [1.165, 1.54) is 0 Å². The second-order valence-electron chi connectivity index (χ2n) is 3.92. The van der Waals surface area contributed by atoms with Crippen LogP contribution in [-0.4, -0.2) is 16.2 Å². The van der Waals surface area contributed by atoms with Crippen molar-refractivity contribution in [2.75, 3.05) is 5.75 Å². The van der Waals surface area contributed by atoms with Gasteiger partial charge in [-0.05, 0) is 12.5 Å². The van der Waals surface area contributed by atoms with Crippen molar-refractivity contribution in [3.05, 3.63) is 29.8 Å². The maximum Gasteiger partial charge on any atom is 0.252 e. The second-order valence-corrected chi connectivity index (χ2v) is 5.00. The van der Waals surface area contributed by atoms with E-state index in [0.29, 0.717) is 5.56 Å². The number of carbonyl (C=O) groups is 1. The van der Waals surface area contributed by atoms with Gasteiger partial charge in [-0.3, -0.25) is 4.79 Å². The third-order valence-electron chi connectivity index (χ3n) is 2.93. The molecule has 1 aliphatic rings. The summed E-state index contributed by atoms with van der Waals surface area (Å²) in [6, 6.07) is 7.98. The standard InChI is InChI=1S/C12H12N2OS/c13-11(15)10-8-4-1-2-5-9(8)14-6-3-7-16-12(10)14/h1-2,4-5H,3,6-7H2,(H2,13,15). The Morgan fingerprint density at radius 2 is 2.19 bits per heavy atom. The number of amides is 1. The summed E-state index contributed by atoms with van der Waals surface area (Å²) in [4.78, 5) is 11.5.